The highest BCUT2D eigenvalue weighted by molar-refractivity contribution is 7.89. The van der Waals surface area contributed by atoms with Gasteiger partial charge in [-0.25, -0.2) is 12.7 Å². The highest BCUT2D eigenvalue weighted by Gasteiger charge is 2.31. The maximum Gasteiger partial charge on any atom is 0.416 e. The lowest BCUT2D eigenvalue weighted by Gasteiger charge is -2.23. The van der Waals surface area contributed by atoms with Crippen molar-refractivity contribution in [3.8, 4) is 0 Å². The van der Waals surface area contributed by atoms with E-state index in [2.05, 4.69) is 5.32 Å². The molecule has 2 rings (SSSR count). The fourth-order valence-electron chi connectivity index (χ4n) is 2.97. The van der Waals surface area contributed by atoms with Gasteiger partial charge < -0.3 is 5.32 Å². The number of carbonyl (C=O) groups is 1. The van der Waals surface area contributed by atoms with E-state index in [4.69, 9.17) is 11.6 Å². The zero-order valence-electron chi connectivity index (χ0n) is 17.5. The molecule has 2 aromatic rings. The van der Waals surface area contributed by atoms with E-state index in [0.29, 0.717) is 12.0 Å². The van der Waals surface area contributed by atoms with Crippen molar-refractivity contribution in [3.63, 3.8) is 0 Å². The van der Waals surface area contributed by atoms with E-state index in [0.717, 1.165) is 22.5 Å². The Labute approximate surface area is 185 Å². The van der Waals surface area contributed by atoms with Gasteiger partial charge >= 0.3 is 6.18 Å². The quantitative estimate of drug-likeness (QED) is 0.602. The summed E-state index contributed by atoms with van der Waals surface area (Å²) in [7, 11) is -1.09. The average Bonchev–Trinajstić information content (AvgIpc) is 2.66. The standard InChI is InChI=1S/C21H24ClF3N2O3S/c1-13(2)10-19(14-6-5-7-15(11-14)21(23,24)25)26-20(28)17-12-16(8-9-18(17)22)31(29,30)27(3)4/h5-9,11-13,19H,10H2,1-4H3,(H,26,28). The molecule has 0 aliphatic carbocycles. The van der Waals surface area contributed by atoms with Crippen LogP contribution in [0.3, 0.4) is 0 Å². The minimum absolute atomic E-state index is 0.0301. The molecular formula is C21H24ClF3N2O3S. The molecule has 0 bridgehead atoms. The molecule has 170 valence electrons. The molecular weight excluding hydrogens is 453 g/mol. The van der Waals surface area contributed by atoms with Crippen LogP contribution in [0.4, 0.5) is 13.2 Å². The molecule has 1 unspecified atom stereocenters. The van der Waals surface area contributed by atoms with E-state index < -0.39 is 33.7 Å². The summed E-state index contributed by atoms with van der Waals surface area (Å²) in [5.74, 6) is -0.611. The summed E-state index contributed by atoms with van der Waals surface area (Å²) < 4.78 is 65.2. The van der Waals surface area contributed by atoms with Crippen molar-refractivity contribution < 1.29 is 26.4 Å². The molecule has 31 heavy (non-hydrogen) atoms. The normalized spacial score (nSPS) is 13.5. The number of sulfonamides is 1. The number of rotatable bonds is 7. The number of benzene rings is 2. The number of nitrogens with one attached hydrogen (secondary N) is 1. The highest BCUT2D eigenvalue weighted by Crippen LogP contribution is 2.32. The fraction of sp³-hybridized carbons (Fsp3) is 0.381. The lowest BCUT2D eigenvalue weighted by atomic mass is 9.95. The molecule has 0 aliphatic rings. The summed E-state index contributed by atoms with van der Waals surface area (Å²) in [5.41, 5.74) is -0.597. The second-order valence-electron chi connectivity index (χ2n) is 7.71. The van der Waals surface area contributed by atoms with Crippen LogP contribution in [0.5, 0.6) is 0 Å². The maximum atomic E-state index is 13.1. The topological polar surface area (TPSA) is 66.5 Å². The molecule has 0 fully saturated rings. The van der Waals surface area contributed by atoms with Crippen molar-refractivity contribution in [1.82, 2.24) is 9.62 Å². The second-order valence-corrected chi connectivity index (χ2v) is 10.3. The molecule has 0 aromatic heterocycles. The van der Waals surface area contributed by atoms with Crippen molar-refractivity contribution >= 4 is 27.5 Å². The average molecular weight is 477 g/mol. The molecule has 0 aliphatic heterocycles. The van der Waals surface area contributed by atoms with Gasteiger partial charge in [0.1, 0.15) is 0 Å². The number of nitrogens with zero attached hydrogens (tertiary/aromatic N) is 1. The number of hydrogen-bond donors (Lipinski definition) is 1. The van der Waals surface area contributed by atoms with E-state index >= 15 is 0 Å². The van der Waals surface area contributed by atoms with Crippen LogP contribution in [0, 0.1) is 5.92 Å². The van der Waals surface area contributed by atoms with Crippen LogP contribution < -0.4 is 5.32 Å². The minimum Gasteiger partial charge on any atom is -0.345 e. The summed E-state index contributed by atoms with van der Waals surface area (Å²) in [4.78, 5) is 12.8. The monoisotopic (exact) mass is 476 g/mol. The van der Waals surface area contributed by atoms with Crippen LogP contribution in [0.15, 0.2) is 47.4 Å². The van der Waals surface area contributed by atoms with Crippen molar-refractivity contribution in [2.75, 3.05) is 14.1 Å². The Bertz CT molecular complexity index is 1050. The number of hydrogen-bond acceptors (Lipinski definition) is 3. The molecule has 0 heterocycles. The third-order valence-electron chi connectivity index (χ3n) is 4.59. The Morgan fingerprint density at radius 3 is 2.32 bits per heavy atom. The van der Waals surface area contributed by atoms with Crippen molar-refractivity contribution in [2.24, 2.45) is 5.92 Å². The number of alkyl halides is 3. The summed E-state index contributed by atoms with van der Waals surface area (Å²) in [6, 6.07) is 7.78. The van der Waals surface area contributed by atoms with Crippen LogP contribution in [-0.2, 0) is 16.2 Å². The summed E-state index contributed by atoms with van der Waals surface area (Å²) in [5, 5.41) is 2.74. The number of halogens is 4. The summed E-state index contributed by atoms with van der Waals surface area (Å²) in [6.45, 7) is 3.76. The predicted molar refractivity (Wildman–Crippen MR) is 113 cm³/mol. The zero-order chi connectivity index (χ0) is 23.6. The van der Waals surface area contributed by atoms with Crippen LogP contribution in [-0.4, -0.2) is 32.7 Å². The SMILES string of the molecule is CC(C)CC(NC(=O)c1cc(S(=O)(=O)N(C)C)ccc1Cl)c1cccc(C(F)(F)F)c1. The molecule has 0 radical (unpaired) electrons. The molecule has 0 saturated carbocycles. The predicted octanol–water partition coefficient (Wildman–Crippen LogP) is 5.13. The van der Waals surface area contributed by atoms with Crippen LogP contribution >= 0.6 is 11.6 Å². The zero-order valence-corrected chi connectivity index (χ0v) is 19.1. The van der Waals surface area contributed by atoms with Gasteiger partial charge in [0.25, 0.3) is 5.91 Å². The Kier molecular flexibility index (Phi) is 7.78. The number of amides is 1. The molecule has 2 aromatic carbocycles. The van der Waals surface area contributed by atoms with E-state index in [1.807, 2.05) is 13.8 Å². The lowest BCUT2D eigenvalue weighted by molar-refractivity contribution is -0.137. The van der Waals surface area contributed by atoms with Crippen LogP contribution in [0.25, 0.3) is 0 Å². The van der Waals surface area contributed by atoms with E-state index in [9.17, 15) is 26.4 Å². The van der Waals surface area contributed by atoms with Crippen molar-refractivity contribution in [2.45, 2.75) is 37.4 Å². The first kappa shape index (κ1) is 25.2. The van der Waals surface area contributed by atoms with Gasteiger partial charge in [0, 0.05) is 14.1 Å². The summed E-state index contributed by atoms with van der Waals surface area (Å²) >= 11 is 6.12. The van der Waals surface area contributed by atoms with E-state index in [1.54, 1.807) is 0 Å². The fourth-order valence-corrected chi connectivity index (χ4v) is 4.10. The Balaban J connectivity index is 2.42. The van der Waals surface area contributed by atoms with E-state index in [1.165, 1.54) is 38.4 Å². The Hall–Kier alpha value is -2.10. The van der Waals surface area contributed by atoms with Crippen LogP contribution in [0.1, 0.15) is 47.8 Å². The third kappa shape index (κ3) is 6.21. The molecule has 1 amide bonds. The third-order valence-corrected chi connectivity index (χ3v) is 6.73. The van der Waals surface area contributed by atoms with Gasteiger partial charge in [0.15, 0.2) is 0 Å². The molecule has 0 spiro atoms. The highest BCUT2D eigenvalue weighted by atomic mass is 35.5. The second kappa shape index (κ2) is 9.58. The maximum absolute atomic E-state index is 13.1. The molecule has 10 heteroatoms. The molecule has 5 nitrogen and oxygen atoms in total. The van der Waals surface area contributed by atoms with Crippen molar-refractivity contribution in [3.05, 3.63) is 64.2 Å². The van der Waals surface area contributed by atoms with E-state index in [-0.39, 0.29) is 21.4 Å². The first-order valence-electron chi connectivity index (χ1n) is 9.43. The molecule has 1 atom stereocenters. The van der Waals surface area contributed by atoms with Crippen LogP contribution in [0.2, 0.25) is 5.02 Å². The minimum atomic E-state index is -4.51. The van der Waals surface area contributed by atoms with Gasteiger partial charge in [-0.2, -0.15) is 13.2 Å². The largest absolute Gasteiger partial charge is 0.416 e. The molecule has 1 N–H and O–H groups in total. The summed E-state index contributed by atoms with van der Waals surface area (Å²) in [6.07, 6.45) is -4.14. The van der Waals surface area contributed by atoms with Gasteiger partial charge in [0.2, 0.25) is 10.0 Å². The first-order valence-corrected chi connectivity index (χ1v) is 11.3. The van der Waals surface area contributed by atoms with Crippen molar-refractivity contribution in [1.29, 1.82) is 0 Å². The number of carbonyl (C=O) groups excluding carboxylic acids is 1. The lowest BCUT2D eigenvalue weighted by Crippen LogP contribution is -2.30. The van der Waals surface area contributed by atoms with Gasteiger partial charge in [-0.3, -0.25) is 4.79 Å². The van der Waals surface area contributed by atoms with Gasteiger partial charge in [-0.1, -0.05) is 37.6 Å². The van der Waals surface area contributed by atoms with Gasteiger partial charge in [0.05, 0.1) is 27.1 Å². The Morgan fingerprint density at radius 2 is 1.77 bits per heavy atom. The molecule has 0 saturated heterocycles. The first-order chi connectivity index (χ1) is 14.2. The smallest absolute Gasteiger partial charge is 0.345 e. The van der Waals surface area contributed by atoms with Gasteiger partial charge in [-0.05, 0) is 48.2 Å². The van der Waals surface area contributed by atoms with Gasteiger partial charge in [-0.15, -0.1) is 0 Å². The Morgan fingerprint density at radius 1 is 1.13 bits per heavy atom.